The molecule has 1 aliphatic heterocycles. The lowest BCUT2D eigenvalue weighted by Gasteiger charge is -2.09. The molecule has 57 valence electrons. The number of rotatable bonds is 1. The molecule has 0 aromatic rings. The Morgan fingerprint density at radius 3 is 2.60 bits per heavy atom. The van der Waals surface area contributed by atoms with Gasteiger partial charge in [0.15, 0.2) is 6.23 Å². The van der Waals surface area contributed by atoms with Gasteiger partial charge in [0.05, 0.1) is 0 Å². The third kappa shape index (κ3) is 2.24. The molecule has 1 heterocycles. The number of ether oxygens (including phenoxy) is 1. The highest BCUT2D eigenvalue weighted by Gasteiger charge is 2.34. The number of nitrogens with zero attached hydrogens (tertiary/aromatic N) is 1. The van der Waals surface area contributed by atoms with Crippen LogP contribution in [0.4, 0.5) is 13.2 Å². The second kappa shape index (κ2) is 2.47. The fourth-order valence-electron chi connectivity index (χ4n) is 0.430. The number of alkyl halides is 3. The van der Waals surface area contributed by atoms with Crippen LogP contribution in [-0.4, -0.2) is 12.6 Å². The van der Waals surface area contributed by atoms with Crippen molar-refractivity contribution in [2.75, 3.05) is 0 Å². The third-order valence-electron chi connectivity index (χ3n) is 0.723. The van der Waals surface area contributed by atoms with Crippen molar-refractivity contribution in [3.8, 4) is 0 Å². The van der Waals surface area contributed by atoms with Gasteiger partial charge < -0.3 is 4.84 Å². The second-order valence-corrected chi connectivity index (χ2v) is 1.49. The van der Waals surface area contributed by atoms with E-state index >= 15 is 0 Å². The molecule has 1 atom stereocenters. The summed E-state index contributed by atoms with van der Waals surface area (Å²) in [6, 6.07) is 0. The van der Waals surface area contributed by atoms with E-state index in [0.29, 0.717) is 0 Å². The molecule has 0 N–H and O–H groups in total. The molecule has 0 spiro atoms. The summed E-state index contributed by atoms with van der Waals surface area (Å²) in [6.45, 7) is 0. The minimum Gasteiger partial charge on any atom is -0.393 e. The Balaban J connectivity index is 2.31. The standard InChI is InChI=1S/C4H3F3NO2/c5-4(6,7)10-3-1-2-9-8-3/h1-3H. The number of hydroxylamine groups is 1. The first-order chi connectivity index (χ1) is 4.58. The fourth-order valence-corrected chi connectivity index (χ4v) is 0.430. The number of hydrogen-bond donors (Lipinski definition) is 0. The zero-order chi connectivity index (χ0) is 7.61. The van der Waals surface area contributed by atoms with Crippen molar-refractivity contribution < 1.29 is 22.7 Å². The highest BCUT2D eigenvalue weighted by molar-refractivity contribution is 4.85. The van der Waals surface area contributed by atoms with E-state index in [2.05, 4.69) is 15.1 Å². The van der Waals surface area contributed by atoms with Gasteiger partial charge in [-0.05, 0) is 5.48 Å². The quantitative estimate of drug-likeness (QED) is 0.562. The molecule has 1 radical (unpaired) electrons. The summed E-state index contributed by atoms with van der Waals surface area (Å²) < 4.78 is 37.4. The summed E-state index contributed by atoms with van der Waals surface area (Å²) >= 11 is 0. The summed E-state index contributed by atoms with van der Waals surface area (Å²) in [6.07, 6.45) is -3.93. The lowest BCUT2D eigenvalue weighted by Crippen LogP contribution is -2.26. The predicted octanol–water partition coefficient (Wildman–Crippen LogP) is 0.912. The van der Waals surface area contributed by atoms with E-state index in [1.165, 1.54) is 0 Å². The van der Waals surface area contributed by atoms with Crippen LogP contribution in [-0.2, 0) is 9.57 Å². The molecule has 0 bridgehead atoms. The molecule has 1 aliphatic rings. The van der Waals surface area contributed by atoms with Crippen LogP contribution in [0.2, 0.25) is 0 Å². The maximum absolute atomic E-state index is 11.3. The van der Waals surface area contributed by atoms with E-state index in [9.17, 15) is 13.2 Å². The number of hydrogen-bond acceptors (Lipinski definition) is 2. The Kier molecular flexibility index (Phi) is 1.82. The molecule has 6 heteroatoms. The van der Waals surface area contributed by atoms with Crippen LogP contribution in [0, 0.1) is 0 Å². The van der Waals surface area contributed by atoms with E-state index < -0.39 is 12.6 Å². The van der Waals surface area contributed by atoms with Crippen LogP contribution >= 0.6 is 0 Å². The van der Waals surface area contributed by atoms with Gasteiger partial charge in [-0.3, -0.25) is 4.74 Å². The second-order valence-electron chi connectivity index (χ2n) is 1.49. The van der Waals surface area contributed by atoms with Crippen molar-refractivity contribution in [2.24, 2.45) is 0 Å². The van der Waals surface area contributed by atoms with Gasteiger partial charge >= 0.3 is 6.36 Å². The van der Waals surface area contributed by atoms with E-state index in [4.69, 9.17) is 0 Å². The Morgan fingerprint density at radius 1 is 1.50 bits per heavy atom. The highest BCUT2D eigenvalue weighted by Crippen LogP contribution is 2.19. The van der Waals surface area contributed by atoms with E-state index in [1.807, 2.05) is 0 Å². The lowest BCUT2D eigenvalue weighted by atomic mass is 10.6. The van der Waals surface area contributed by atoms with E-state index in [1.54, 1.807) is 0 Å². The minimum absolute atomic E-state index is 1.02. The van der Waals surface area contributed by atoms with E-state index in [0.717, 1.165) is 12.3 Å². The predicted molar refractivity (Wildman–Crippen MR) is 23.3 cm³/mol. The fraction of sp³-hybridized carbons (Fsp3) is 0.500. The zero-order valence-corrected chi connectivity index (χ0v) is 4.63. The van der Waals surface area contributed by atoms with Crippen molar-refractivity contribution in [2.45, 2.75) is 12.6 Å². The highest BCUT2D eigenvalue weighted by atomic mass is 19.4. The molecule has 0 fully saturated rings. The van der Waals surface area contributed by atoms with Gasteiger partial charge in [0, 0.05) is 6.08 Å². The molecule has 10 heavy (non-hydrogen) atoms. The van der Waals surface area contributed by atoms with Crippen molar-refractivity contribution >= 4 is 0 Å². The number of halogens is 3. The topological polar surface area (TPSA) is 32.6 Å². The van der Waals surface area contributed by atoms with Gasteiger partial charge in [0.1, 0.15) is 6.26 Å². The maximum atomic E-state index is 11.3. The van der Waals surface area contributed by atoms with Gasteiger partial charge in [-0.15, -0.1) is 13.2 Å². The summed E-state index contributed by atoms with van der Waals surface area (Å²) in [5.74, 6) is 0. The van der Waals surface area contributed by atoms with Crippen LogP contribution in [0.1, 0.15) is 0 Å². The maximum Gasteiger partial charge on any atom is 0.524 e. The van der Waals surface area contributed by atoms with Crippen LogP contribution in [0.25, 0.3) is 0 Å². The molecule has 1 rings (SSSR count). The average Bonchev–Trinajstić information content (AvgIpc) is 2.12. The molecule has 0 amide bonds. The Labute approximate surface area is 54.4 Å². The van der Waals surface area contributed by atoms with Gasteiger partial charge in [-0.1, -0.05) is 0 Å². The largest absolute Gasteiger partial charge is 0.524 e. The lowest BCUT2D eigenvalue weighted by molar-refractivity contribution is -0.345. The van der Waals surface area contributed by atoms with Crippen molar-refractivity contribution in [1.29, 1.82) is 0 Å². The molecular formula is C4H3F3NO2. The van der Waals surface area contributed by atoms with Crippen molar-refractivity contribution in [1.82, 2.24) is 5.48 Å². The smallest absolute Gasteiger partial charge is 0.393 e. The monoisotopic (exact) mass is 154 g/mol. The summed E-state index contributed by atoms with van der Waals surface area (Å²) in [5.41, 5.74) is 2.97. The zero-order valence-electron chi connectivity index (χ0n) is 4.63. The molecule has 3 nitrogen and oxygen atoms in total. The molecule has 1 unspecified atom stereocenters. The van der Waals surface area contributed by atoms with Crippen molar-refractivity contribution in [3.63, 3.8) is 0 Å². The Morgan fingerprint density at radius 2 is 2.20 bits per heavy atom. The molecule has 0 aliphatic carbocycles. The first-order valence-electron chi connectivity index (χ1n) is 2.35. The van der Waals surface area contributed by atoms with Gasteiger partial charge in [0.2, 0.25) is 0 Å². The molecular weight excluding hydrogens is 151 g/mol. The van der Waals surface area contributed by atoms with Gasteiger partial charge in [-0.25, -0.2) is 0 Å². The average molecular weight is 154 g/mol. The molecule has 0 saturated carbocycles. The molecule has 0 saturated heterocycles. The summed E-state index contributed by atoms with van der Waals surface area (Å²) in [7, 11) is 0. The normalized spacial score (nSPS) is 24.9. The minimum atomic E-state index is -4.66. The first-order valence-corrected chi connectivity index (χ1v) is 2.35. The van der Waals surface area contributed by atoms with Crippen molar-refractivity contribution in [3.05, 3.63) is 12.3 Å². The summed E-state index contributed by atoms with van der Waals surface area (Å²) in [5, 5.41) is 0. The summed E-state index contributed by atoms with van der Waals surface area (Å²) in [4.78, 5) is 4.12. The third-order valence-corrected chi connectivity index (χ3v) is 0.723. The Bertz CT molecular complexity index is 144. The van der Waals surface area contributed by atoms with Gasteiger partial charge in [0.25, 0.3) is 0 Å². The van der Waals surface area contributed by atoms with Gasteiger partial charge in [-0.2, -0.15) is 0 Å². The Hall–Kier alpha value is -0.750. The van der Waals surface area contributed by atoms with Crippen LogP contribution < -0.4 is 5.48 Å². The van der Waals surface area contributed by atoms with Crippen LogP contribution in [0.5, 0.6) is 0 Å². The van der Waals surface area contributed by atoms with Crippen LogP contribution in [0.3, 0.4) is 0 Å². The van der Waals surface area contributed by atoms with Crippen LogP contribution in [0.15, 0.2) is 12.3 Å². The SMILES string of the molecule is FC(F)(F)OC1C=CO[N]1. The van der Waals surface area contributed by atoms with E-state index in [-0.39, 0.29) is 0 Å². The first kappa shape index (κ1) is 7.36. The molecule has 0 aromatic carbocycles. The molecule has 0 aromatic heterocycles.